The number of carbonyl (C=O) groups excluding carboxylic acids is 3. The van der Waals surface area contributed by atoms with Crippen LogP contribution in [0.25, 0.3) is 0 Å². The van der Waals surface area contributed by atoms with Crippen molar-refractivity contribution < 1.29 is 28.6 Å². The Morgan fingerprint density at radius 2 is 0.836 bits per heavy atom. The largest absolute Gasteiger partial charge is 0.465 e. The molecule has 0 spiro atoms. The van der Waals surface area contributed by atoms with Gasteiger partial charge >= 0.3 is 17.9 Å². The first-order valence-electron chi connectivity index (χ1n) is 23.3. The lowest BCUT2D eigenvalue weighted by Crippen LogP contribution is -2.35. The first kappa shape index (κ1) is 36.9. The van der Waals surface area contributed by atoms with Crippen LogP contribution in [-0.4, -0.2) is 37.2 Å². The van der Waals surface area contributed by atoms with E-state index < -0.39 is 0 Å². The number of allylic oxidation sites excluding steroid dienone is 6. The van der Waals surface area contributed by atoms with Crippen molar-refractivity contribution in [1.82, 2.24) is 0 Å². The Morgan fingerprint density at radius 3 is 1.20 bits per heavy atom. The summed E-state index contributed by atoms with van der Waals surface area (Å²) < 4.78 is 16.3. The van der Waals surface area contributed by atoms with Gasteiger partial charge < -0.3 is 14.2 Å². The molecule has 0 N–H and O–H groups in total. The van der Waals surface area contributed by atoms with Crippen molar-refractivity contribution in [2.75, 3.05) is 13.2 Å². The molecule has 12 aliphatic rings. The Balaban J connectivity index is 0.000000102. The van der Waals surface area contributed by atoms with Crippen molar-refractivity contribution in [2.45, 2.75) is 111 Å². The number of unbranched alkanes of at least 4 members (excludes halogenated alkanes) is 1. The zero-order valence-corrected chi connectivity index (χ0v) is 34.0. The summed E-state index contributed by atoms with van der Waals surface area (Å²) in [5.41, 5.74) is 0. The molecule has 0 radical (unpaired) electrons. The third-order valence-electron chi connectivity index (χ3n) is 18.3. The van der Waals surface area contributed by atoms with E-state index in [0.29, 0.717) is 31.0 Å². The molecule has 0 aromatic rings. The lowest BCUT2D eigenvalue weighted by Gasteiger charge is -2.35. The lowest BCUT2D eigenvalue weighted by atomic mass is 9.69. The van der Waals surface area contributed by atoms with Crippen LogP contribution in [0.3, 0.4) is 0 Å². The Kier molecular flexibility index (Phi) is 9.72. The second-order valence-electron chi connectivity index (χ2n) is 21.0. The topological polar surface area (TPSA) is 78.9 Å². The molecule has 12 rings (SSSR count). The number of hydrogen-bond donors (Lipinski definition) is 0. The molecule has 12 aliphatic carbocycles. The number of carbonyl (C=O) groups is 3. The van der Waals surface area contributed by atoms with E-state index in [9.17, 15) is 14.4 Å². The predicted octanol–water partition coefficient (Wildman–Crippen LogP) is 9.49. The molecule has 9 fully saturated rings. The van der Waals surface area contributed by atoms with Gasteiger partial charge in [0.15, 0.2) is 0 Å². The summed E-state index contributed by atoms with van der Waals surface area (Å²) in [5, 5.41) is 0. The summed E-state index contributed by atoms with van der Waals surface area (Å²) in [6.07, 6.45) is 29.1. The molecule has 6 heteroatoms. The summed E-state index contributed by atoms with van der Waals surface area (Å²) in [7, 11) is 0. The van der Waals surface area contributed by atoms with Crippen LogP contribution in [0.1, 0.15) is 105 Å². The molecule has 6 nitrogen and oxygen atoms in total. The zero-order chi connectivity index (χ0) is 37.7. The third-order valence-corrected chi connectivity index (χ3v) is 18.3. The molecule has 21 unspecified atom stereocenters. The molecule has 0 aromatic heterocycles. The van der Waals surface area contributed by atoms with Crippen LogP contribution in [-0.2, 0) is 28.6 Å². The van der Waals surface area contributed by atoms with Crippen molar-refractivity contribution in [1.29, 1.82) is 0 Å². The fraction of sp³-hybridized carbons (Fsp3) is 0.816. The van der Waals surface area contributed by atoms with Crippen molar-refractivity contribution in [3.05, 3.63) is 36.5 Å². The Hall–Kier alpha value is -2.37. The van der Waals surface area contributed by atoms with Gasteiger partial charge in [-0.2, -0.15) is 0 Å². The van der Waals surface area contributed by atoms with E-state index >= 15 is 0 Å². The minimum Gasteiger partial charge on any atom is -0.465 e. The highest BCUT2D eigenvalue weighted by Crippen LogP contribution is 2.69. The molecule has 55 heavy (non-hydrogen) atoms. The highest BCUT2D eigenvalue weighted by molar-refractivity contribution is 5.75. The number of hydrogen-bond acceptors (Lipinski definition) is 6. The van der Waals surface area contributed by atoms with Gasteiger partial charge in [-0.05, 0) is 191 Å². The van der Waals surface area contributed by atoms with Gasteiger partial charge in [0.1, 0.15) is 0 Å². The fourth-order valence-corrected chi connectivity index (χ4v) is 16.9. The van der Waals surface area contributed by atoms with E-state index in [2.05, 4.69) is 50.3 Å². The van der Waals surface area contributed by atoms with Crippen LogP contribution >= 0.6 is 0 Å². The highest BCUT2D eigenvalue weighted by atomic mass is 16.5. The first-order chi connectivity index (χ1) is 26.7. The molecule has 0 aromatic carbocycles. The van der Waals surface area contributed by atoms with E-state index in [1.807, 2.05) is 13.8 Å². The number of fused-ring (bicyclic) bond motifs is 27. The van der Waals surface area contributed by atoms with Crippen molar-refractivity contribution >= 4 is 17.9 Å². The van der Waals surface area contributed by atoms with Gasteiger partial charge in [-0.15, -0.1) is 0 Å². The molecule has 21 atom stereocenters. The van der Waals surface area contributed by atoms with Crippen LogP contribution in [0.4, 0.5) is 0 Å². The van der Waals surface area contributed by atoms with Crippen LogP contribution in [0.2, 0.25) is 0 Å². The number of esters is 3. The van der Waals surface area contributed by atoms with E-state index in [-0.39, 0.29) is 41.8 Å². The van der Waals surface area contributed by atoms with Gasteiger partial charge in [0.25, 0.3) is 0 Å². The minimum absolute atomic E-state index is 0.0346. The Labute approximate surface area is 330 Å². The average Bonchev–Trinajstić information content (AvgIpc) is 4.05. The Morgan fingerprint density at radius 1 is 0.473 bits per heavy atom. The van der Waals surface area contributed by atoms with E-state index in [4.69, 9.17) is 14.2 Å². The normalized spacial score (nSPS) is 50.2. The highest BCUT2D eigenvalue weighted by Gasteiger charge is 2.65. The molecule has 0 aliphatic heterocycles. The quantitative estimate of drug-likeness (QED) is 0.0768. The molecule has 0 amide bonds. The number of rotatable bonds is 9. The smallest absolute Gasteiger partial charge is 0.309 e. The lowest BCUT2D eigenvalue weighted by molar-refractivity contribution is -0.156. The summed E-state index contributed by atoms with van der Waals surface area (Å²) in [6.45, 7) is 9.33. The third kappa shape index (κ3) is 6.00. The van der Waals surface area contributed by atoms with E-state index in [0.717, 1.165) is 127 Å². The van der Waals surface area contributed by atoms with Gasteiger partial charge in [-0.25, -0.2) is 0 Å². The van der Waals surface area contributed by atoms with Gasteiger partial charge in [0, 0.05) is 0 Å². The molecule has 0 saturated heterocycles. The maximum Gasteiger partial charge on any atom is 0.309 e. The van der Waals surface area contributed by atoms with Gasteiger partial charge in [-0.1, -0.05) is 56.7 Å². The maximum atomic E-state index is 12.3. The van der Waals surface area contributed by atoms with E-state index in [1.54, 1.807) is 0 Å². The molecular weight excluding hydrogens is 685 g/mol. The minimum atomic E-state index is 0.0346. The maximum absolute atomic E-state index is 12.3. The molecular formula is C49H68O6. The van der Waals surface area contributed by atoms with Gasteiger partial charge in [0.2, 0.25) is 0 Å². The van der Waals surface area contributed by atoms with Crippen LogP contribution in [0.15, 0.2) is 36.5 Å². The fourth-order valence-electron chi connectivity index (χ4n) is 16.9. The standard InChI is InChI=1S/C17H24O2.2C16H22O2/c1-2-3-6-19-17(18)14-9-12-8-13(14)16-11-5-4-10(7-11)15(12)16;1-8(2)18-16(17)13-7-11-6-12(13)15-10-4-3-9(5-10)14(11)15;1-2-5-18-16(17)13-8-11-7-12(13)15-10-4-3-9(6-10)14(11)15/h4-5,10-16H,2-3,6-9H2,1H3;3-4,8-15H,5-7H2,1-2H3;3-4,9-15H,2,5-8H2,1H3. The first-order valence-corrected chi connectivity index (χ1v) is 23.3. The zero-order valence-electron chi connectivity index (χ0n) is 34.0. The molecule has 12 bridgehead atoms. The van der Waals surface area contributed by atoms with Crippen LogP contribution < -0.4 is 0 Å². The Bertz CT molecular complexity index is 1590. The second kappa shape index (κ2) is 14.5. The van der Waals surface area contributed by atoms with Crippen molar-refractivity contribution in [2.24, 2.45) is 124 Å². The van der Waals surface area contributed by atoms with Crippen molar-refractivity contribution in [3.63, 3.8) is 0 Å². The van der Waals surface area contributed by atoms with E-state index in [1.165, 1.54) is 38.5 Å². The van der Waals surface area contributed by atoms with Crippen molar-refractivity contribution in [3.8, 4) is 0 Å². The van der Waals surface area contributed by atoms with Crippen LogP contribution in [0, 0.1) is 124 Å². The molecule has 0 heterocycles. The summed E-state index contributed by atoms with van der Waals surface area (Å²) in [6, 6.07) is 0. The average molecular weight is 753 g/mol. The molecule has 9 saturated carbocycles. The summed E-state index contributed by atoms with van der Waals surface area (Å²) in [5.74, 6) is 15.4. The van der Waals surface area contributed by atoms with Gasteiger partial charge in [-0.3, -0.25) is 14.4 Å². The number of ether oxygens (including phenoxy) is 3. The molecule has 300 valence electrons. The summed E-state index contributed by atoms with van der Waals surface area (Å²) in [4.78, 5) is 36.6. The summed E-state index contributed by atoms with van der Waals surface area (Å²) >= 11 is 0. The monoisotopic (exact) mass is 753 g/mol. The van der Waals surface area contributed by atoms with Crippen LogP contribution in [0.5, 0.6) is 0 Å². The SMILES string of the molecule is CC(C)OC(=O)C1CC2CC1C1C3C=CC(C3)C21.CCCCOC(=O)C1CC2CC1C1C3C=CC(C3)C21.CCCOC(=O)C1CC2CC1C1C3C=CC(C3)C21. The second-order valence-corrected chi connectivity index (χ2v) is 21.0. The van der Waals surface area contributed by atoms with Gasteiger partial charge in [0.05, 0.1) is 37.1 Å². The predicted molar refractivity (Wildman–Crippen MR) is 211 cm³/mol.